The number of anilines is 1. The highest BCUT2D eigenvalue weighted by molar-refractivity contribution is 8.00. The number of thioether (sulfide) groups is 1. The van der Waals surface area contributed by atoms with E-state index in [1.54, 1.807) is 30.2 Å². The molecule has 4 aromatic rings. The summed E-state index contributed by atoms with van der Waals surface area (Å²) in [5.41, 5.74) is 2.69. The van der Waals surface area contributed by atoms with Crippen LogP contribution in [0.2, 0.25) is 0 Å². The van der Waals surface area contributed by atoms with Gasteiger partial charge in [-0.1, -0.05) is 35.1 Å². The minimum Gasteiger partial charge on any atom is -0.495 e. The minimum absolute atomic E-state index is 0.137. The number of aryl methyl sites for hydroxylation is 2. The molecule has 0 aliphatic rings. The third kappa shape index (κ3) is 4.98. The fraction of sp³-hybridized carbons (Fsp3) is 0.238. The van der Waals surface area contributed by atoms with E-state index in [9.17, 15) is 4.79 Å². The Balaban J connectivity index is 1.29. The number of hydrogen-bond donors (Lipinski definition) is 1. The first kappa shape index (κ1) is 20.4. The molecule has 2 heterocycles. The highest BCUT2D eigenvalue weighted by atomic mass is 32.2. The molecule has 0 fully saturated rings. The number of carbonyl (C=O) groups is 1. The molecule has 0 radical (unpaired) electrons. The predicted octanol–water partition coefficient (Wildman–Crippen LogP) is 4.86. The van der Waals surface area contributed by atoms with Crippen LogP contribution >= 0.6 is 23.1 Å². The molecule has 0 saturated carbocycles. The number of aromatic nitrogens is 3. The zero-order valence-corrected chi connectivity index (χ0v) is 18.2. The van der Waals surface area contributed by atoms with Gasteiger partial charge in [-0.2, -0.15) is 4.98 Å². The Labute approximate surface area is 181 Å². The second-order valence-corrected chi connectivity index (χ2v) is 8.85. The Hall–Kier alpha value is -2.91. The Kier molecular flexibility index (Phi) is 6.29. The van der Waals surface area contributed by atoms with Gasteiger partial charge in [-0.05, 0) is 36.8 Å². The maximum atomic E-state index is 12.3. The van der Waals surface area contributed by atoms with Crippen LogP contribution < -0.4 is 10.1 Å². The Bertz CT molecular complexity index is 1140. The third-order valence-electron chi connectivity index (χ3n) is 4.30. The molecular weight excluding hydrogens is 420 g/mol. The van der Waals surface area contributed by atoms with Gasteiger partial charge in [0.1, 0.15) is 5.75 Å². The first-order valence-corrected chi connectivity index (χ1v) is 11.2. The van der Waals surface area contributed by atoms with Crippen LogP contribution in [0.15, 0.2) is 51.3 Å². The lowest BCUT2D eigenvalue weighted by atomic mass is 10.2. The normalized spacial score (nSPS) is 11.0. The predicted molar refractivity (Wildman–Crippen MR) is 118 cm³/mol. The van der Waals surface area contributed by atoms with Crippen LogP contribution in [-0.4, -0.2) is 28.1 Å². The second kappa shape index (κ2) is 9.27. The summed E-state index contributed by atoms with van der Waals surface area (Å²) in [4.78, 5) is 21.3. The van der Waals surface area contributed by atoms with Crippen molar-refractivity contribution in [2.45, 2.75) is 29.9 Å². The molecule has 0 unspecified atom stereocenters. The van der Waals surface area contributed by atoms with Crippen molar-refractivity contribution in [1.82, 2.24) is 15.1 Å². The van der Waals surface area contributed by atoms with Crippen LogP contribution in [-0.2, 0) is 17.0 Å². The Morgan fingerprint density at radius 1 is 1.23 bits per heavy atom. The van der Waals surface area contributed by atoms with Crippen LogP contribution in [0.3, 0.4) is 0 Å². The Morgan fingerprint density at radius 3 is 2.93 bits per heavy atom. The van der Waals surface area contributed by atoms with Crippen molar-refractivity contribution in [2.75, 3.05) is 12.4 Å². The summed E-state index contributed by atoms with van der Waals surface area (Å²) in [5, 5.41) is 6.88. The van der Waals surface area contributed by atoms with E-state index in [0.717, 1.165) is 20.1 Å². The minimum atomic E-state index is -0.137. The summed E-state index contributed by atoms with van der Waals surface area (Å²) in [5.74, 6) is 2.09. The van der Waals surface area contributed by atoms with Crippen molar-refractivity contribution in [3.05, 3.63) is 59.7 Å². The molecule has 0 spiro atoms. The van der Waals surface area contributed by atoms with Crippen molar-refractivity contribution in [2.24, 2.45) is 0 Å². The molecular formula is C21H20N4O3S2. The number of nitrogens with one attached hydrogen (secondary N) is 1. The van der Waals surface area contributed by atoms with Crippen molar-refractivity contribution < 1.29 is 14.1 Å². The fourth-order valence-electron chi connectivity index (χ4n) is 2.84. The lowest BCUT2D eigenvalue weighted by Crippen LogP contribution is -2.13. The molecule has 1 amide bonds. The van der Waals surface area contributed by atoms with E-state index in [-0.39, 0.29) is 12.3 Å². The first-order valence-electron chi connectivity index (χ1n) is 9.35. The van der Waals surface area contributed by atoms with E-state index in [1.807, 2.05) is 43.3 Å². The second-order valence-electron chi connectivity index (χ2n) is 6.59. The van der Waals surface area contributed by atoms with Crippen molar-refractivity contribution in [3.63, 3.8) is 0 Å². The zero-order valence-electron chi connectivity index (χ0n) is 16.5. The Morgan fingerprint density at radius 2 is 2.10 bits per heavy atom. The standard InChI is InChI=1S/C21H20N4O3S2/c1-13-7-8-16(27-2)15(11-13)22-19(26)9-10-20-24-18(25-28-20)12-29-21-23-14-5-3-4-6-17(14)30-21/h3-8,11H,9-10,12H2,1-2H3,(H,22,26). The summed E-state index contributed by atoms with van der Waals surface area (Å²) in [6, 6.07) is 13.7. The van der Waals surface area contributed by atoms with Gasteiger partial charge in [0.15, 0.2) is 10.2 Å². The monoisotopic (exact) mass is 440 g/mol. The van der Waals surface area contributed by atoms with Gasteiger partial charge in [0.2, 0.25) is 11.8 Å². The SMILES string of the molecule is COc1ccc(C)cc1NC(=O)CCc1nc(CSc2nc3ccccc3s2)no1. The first-order chi connectivity index (χ1) is 14.6. The lowest BCUT2D eigenvalue weighted by molar-refractivity contribution is -0.116. The number of methoxy groups -OCH3 is 1. The van der Waals surface area contributed by atoms with Gasteiger partial charge in [0, 0.05) is 12.8 Å². The number of fused-ring (bicyclic) bond motifs is 1. The number of amides is 1. The molecule has 4 rings (SSSR count). The molecule has 9 heteroatoms. The van der Waals surface area contributed by atoms with Gasteiger partial charge in [0.05, 0.1) is 28.8 Å². The zero-order chi connectivity index (χ0) is 20.9. The van der Waals surface area contributed by atoms with Crippen LogP contribution in [0.5, 0.6) is 5.75 Å². The van der Waals surface area contributed by atoms with Gasteiger partial charge >= 0.3 is 0 Å². The van der Waals surface area contributed by atoms with E-state index >= 15 is 0 Å². The molecule has 0 atom stereocenters. The maximum absolute atomic E-state index is 12.3. The number of benzene rings is 2. The molecule has 154 valence electrons. The summed E-state index contributed by atoms with van der Waals surface area (Å²) in [6.07, 6.45) is 0.614. The van der Waals surface area contributed by atoms with Gasteiger partial charge < -0.3 is 14.6 Å². The van der Waals surface area contributed by atoms with E-state index in [4.69, 9.17) is 9.26 Å². The smallest absolute Gasteiger partial charge is 0.227 e. The largest absolute Gasteiger partial charge is 0.495 e. The topological polar surface area (TPSA) is 90.1 Å². The van der Waals surface area contributed by atoms with Crippen LogP contribution in [0, 0.1) is 6.92 Å². The van der Waals surface area contributed by atoms with Crippen LogP contribution in [0.4, 0.5) is 5.69 Å². The van der Waals surface area contributed by atoms with Gasteiger partial charge in [-0.15, -0.1) is 11.3 Å². The van der Waals surface area contributed by atoms with E-state index in [1.165, 1.54) is 0 Å². The summed E-state index contributed by atoms with van der Waals surface area (Å²) in [7, 11) is 1.58. The molecule has 0 bridgehead atoms. The van der Waals surface area contributed by atoms with Crippen LogP contribution in [0.25, 0.3) is 10.2 Å². The molecule has 30 heavy (non-hydrogen) atoms. The third-order valence-corrected chi connectivity index (χ3v) is 6.48. The summed E-state index contributed by atoms with van der Waals surface area (Å²) < 4.78 is 12.7. The molecule has 0 aliphatic heterocycles. The molecule has 0 aliphatic carbocycles. The lowest BCUT2D eigenvalue weighted by Gasteiger charge is -2.10. The summed E-state index contributed by atoms with van der Waals surface area (Å²) >= 11 is 3.22. The number of carbonyl (C=O) groups excluding carboxylic acids is 1. The number of nitrogens with zero attached hydrogens (tertiary/aromatic N) is 3. The van der Waals surface area contributed by atoms with E-state index in [2.05, 4.69) is 26.5 Å². The van der Waals surface area contributed by atoms with E-state index < -0.39 is 0 Å². The van der Waals surface area contributed by atoms with Crippen LogP contribution in [0.1, 0.15) is 23.7 Å². The van der Waals surface area contributed by atoms with E-state index in [0.29, 0.717) is 35.3 Å². The molecule has 1 N–H and O–H groups in total. The number of thiazole rings is 1. The van der Waals surface area contributed by atoms with Gasteiger partial charge in [-0.25, -0.2) is 4.98 Å². The number of hydrogen-bond acceptors (Lipinski definition) is 8. The van der Waals surface area contributed by atoms with Crippen molar-refractivity contribution in [3.8, 4) is 5.75 Å². The molecule has 2 aromatic heterocycles. The number of ether oxygens (including phenoxy) is 1. The average molecular weight is 441 g/mol. The molecule has 7 nitrogen and oxygen atoms in total. The maximum Gasteiger partial charge on any atom is 0.227 e. The molecule has 2 aromatic carbocycles. The highest BCUT2D eigenvalue weighted by Gasteiger charge is 2.13. The quantitative estimate of drug-likeness (QED) is 0.391. The van der Waals surface area contributed by atoms with Gasteiger partial charge in [0.25, 0.3) is 0 Å². The highest BCUT2D eigenvalue weighted by Crippen LogP contribution is 2.31. The summed E-state index contributed by atoms with van der Waals surface area (Å²) in [6.45, 7) is 1.96. The van der Waals surface area contributed by atoms with Gasteiger partial charge in [-0.3, -0.25) is 4.79 Å². The average Bonchev–Trinajstić information content (AvgIpc) is 3.37. The number of rotatable bonds is 8. The molecule has 0 saturated heterocycles. The fourth-order valence-corrected chi connectivity index (χ4v) is 4.75. The number of para-hydroxylation sites is 1. The van der Waals surface area contributed by atoms with Crippen molar-refractivity contribution in [1.29, 1.82) is 0 Å². The van der Waals surface area contributed by atoms with Crippen molar-refractivity contribution >= 4 is 44.9 Å².